The third-order valence-corrected chi connectivity index (χ3v) is 2.56. The van der Waals surface area contributed by atoms with Crippen molar-refractivity contribution in [1.82, 2.24) is 5.32 Å². The van der Waals surface area contributed by atoms with Gasteiger partial charge in [0.1, 0.15) is 12.4 Å². The number of benzene rings is 1. The molecule has 1 aromatic carbocycles. The maximum Gasteiger partial charge on any atom is 0.122 e. The first-order valence-electron chi connectivity index (χ1n) is 6.07. The van der Waals surface area contributed by atoms with Gasteiger partial charge in [-0.1, -0.05) is 24.6 Å². The Balaban J connectivity index is 2.42. The summed E-state index contributed by atoms with van der Waals surface area (Å²) in [5, 5.41) is 3.41. The van der Waals surface area contributed by atoms with Crippen molar-refractivity contribution >= 4 is 0 Å². The van der Waals surface area contributed by atoms with Crippen molar-refractivity contribution in [2.75, 3.05) is 13.2 Å². The highest BCUT2D eigenvalue weighted by Gasteiger charge is 2.03. The third-order valence-electron chi connectivity index (χ3n) is 2.56. The van der Waals surface area contributed by atoms with Gasteiger partial charge in [0.2, 0.25) is 0 Å². The van der Waals surface area contributed by atoms with Crippen LogP contribution >= 0.6 is 0 Å². The second-order valence-corrected chi connectivity index (χ2v) is 4.44. The van der Waals surface area contributed by atoms with E-state index in [4.69, 9.17) is 4.74 Å². The molecule has 0 aliphatic rings. The van der Waals surface area contributed by atoms with Gasteiger partial charge in [-0.2, -0.15) is 0 Å². The summed E-state index contributed by atoms with van der Waals surface area (Å²) >= 11 is 0. The molecule has 0 fully saturated rings. The van der Waals surface area contributed by atoms with E-state index in [1.165, 1.54) is 11.1 Å². The van der Waals surface area contributed by atoms with Crippen molar-refractivity contribution in [3.63, 3.8) is 0 Å². The molecule has 0 amide bonds. The van der Waals surface area contributed by atoms with Gasteiger partial charge in [-0.3, -0.25) is 0 Å². The average molecular weight is 221 g/mol. The first kappa shape index (κ1) is 13.0. The second kappa shape index (κ2) is 6.54. The zero-order valence-electron chi connectivity index (χ0n) is 10.8. The van der Waals surface area contributed by atoms with Crippen LogP contribution in [0.2, 0.25) is 0 Å². The Labute approximate surface area is 99.0 Å². The van der Waals surface area contributed by atoms with Gasteiger partial charge in [0, 0.05) is 6.04 Å². The summed E-state index contributed by atoms with van der Waals surface area (Å²) < 4.78 is 5.79. The van der Waals surface area contributed by atoms with Gasteiger partial charge < -0.3 is 10.1 Å². The Morgan fingerprint density at radius 1 is 1.31 bits per heavy atom. The molecule has 0 aliphatic carbocycles. The number of nitrogens with one attached hydrogen (secondary N) is 1. The van der Waals surface area contributed by atoms with Crippen molar-refractivity contribution in [2.24, 2.45) is 0 Å². The average Bonchev–Trinajstić information content (AvgIpc) is 2.25. The van der Waals surface area contributed by atoms with Gasteiger partial charge in [0.05, 0.1) is 0 Å². The minimum Gasteiger partial charge on any atom is -0.492 e. The van der Waals surface area contributed by atoms with E-state index in [0.29, 0.717) is 6.04 Å². The van der Waals surface area contributed by atoms with Crippen LogP contribution in [0.5, 0.6) is 5.75 Å². The van der Waals surface area contributed by atoms with E-state index >= 15 is 0 Å². The van der Waals surface area contributed by atoms with Crippen LogP contribution in [0, 0.1) is 13.8 Å². The molecule has 1 rings (SSSR count). The van der Waals surface area contributed by atoms with Crippen molar-refractivity contribution in [2.45, 2.75) is 40.2 Å². The zero-order chi connectivity index (χ0) is 12.0. The van der Waals surface area contributed by atoms with Crippen molar-refractivity contribution < 1.29 is 4.74 Å². The molecule has 0 bridgehead atoms. The van der Waals surface area contributed by atoms with Crippen LogP contribution in [0.1, 0.15) is 31.4 Å². The fourth-order valence-electron chi connectivity index (χ4n) is 1.63. The summed E-state index contributed by atoms with van der Waals surface area (Å²) in [5.74, 6) is 0.996. The summed E-state index contributed by atoms with van der Waals surface area (Å²) in [6, 6.07) is 6.70. The van der Waals surface area contributed by atoms with Crippen LogP contribution in [0.4, 0.5) is 0 Å². The number of hydrogen-bond donors (Lipinski definition) is 1. The Morgan fingerprint density at radius 2 is 2.06 bits per heavy atom. The highest BCUT2D eigenvalue weighted by atomic mass is 16.5. The lowest BCUT2D eigenvalue weighted by Gasteiger charge is -2.15. The Morgan fingerprint density at radius 3 is 2.69 bits per heavy atom. The molecule has 2 nitrogen and oxygen atoms in total. The van der Waals surface area contributed by atoms with Crippen LogP contribution in [-0.2, 0) is 0 Å². The van der Waals surface area contributed by atoms with Crippen molar-refractivity contribution in [3.05, 3.63) is 29.3 Å². The van der Waals surface area contributed by atoms with Crippen LogP contribution in [-0.4, -0.2) is 19.2 Å². The van der Waals surface area contributed by atoms with Crippen LogP contribution < -0.4 is 10.1 Å². The molecule has 90 valence electrons. The largest absolute Gasteiger partial charge is 0.492 e. The molecule has 0 saturated carbocycles. The third kappa shape index (κ3) is 4.23. The van der Waals surface area contributed by atoms with Crippen molar-refractivity contribution in [1.29, 1.82) is 0 Å². The molecule has 1 N–H and O–H groups in total. The van der Waals surface area contributed by atoms with Gasteiger partial charge in [0.15, 0.2) is 0 Å². The van der Waals surface area contributed by atoms with Crippen LogP contribution in [0.15, 0.2) is 18.2 Å². The predicted molar refractivity (Wildman–Crippen MR) is 69.2 cm³/mol. The quantitative estimate of drug-likeness (QED) is 0.797. The van der Waals surface area contributed by atoms with Gasteiger partial charge in [-0.15, -0.1) is 0 Å². The smallest absolute Gasteiger partial charge is 0.122 e. The maximum atomic E-state index is 5.79. The Bertz CT molecular complexity index is 323. The molecular weight excluding hydrogens is 198 g/mol. The van der Waals surface area contributed by atoms with Crippen LogP contribution in [0.3, 0.4) is 0 Å². The fraction of sp³-hybridized carbons (Fsp3) is 0.571. The molecule has 0 spiro atoms. The molecule has 0 aromatic heterocycles. The van der Waals surface area contributed by atoms with Crippen LogP contribution in [0.25, 0.3) is 0 Å². The fourth-order valence-corrected chi connectivity index (χ4v) is 1.63. The monoisotopic (exact) mass is 221 g/mol. The maximum absolute atomic E-state index is 5.79. The molecule has 0 radical (unpaired) electrons. The lowest BCUT2D eigenvalue weighted by molar-refractivity contribution is 0.272. The molecule has 1 unspecified atom stereocenters. The van der Waals surface area contributed by atoms with E-state index in [-0.39, 0.29) is 0 Å². The van der Waals surface area contributed by atoms with Gasteiger partial charge in [-0.25, -0.2) is 0 Å². The van der Waals surface area contributed by atoms with E-state index in [2.05, 4.69) is 51.2 Å². The number of hydrogen-bond acceptors (Lipinski definition) is 2. The molecule has 0 aliphatic heterocycles. The standard InChI is InChI=1S/C14H23NO/c1-5-8-15-13(4)10-16-14-7-6-11(2)9-12(14)3/h6-7,9,13,15H,5,8,10H2,1-4H3. The first-order valence-corrected chi connectivity index (χ1v) is 6.07. The predicted octanol–water partition coefficient (Wildman–Crippen LogP) is 3.07. The Hall–Kier alpha value is -1.02. The summed E-state index contributed by atoms with van der Waals surface area (Å²) in [4.78, 5) is 0. The zero-order valence-corrected chi connectivity index (χ0v) is 10.8. The Kier molecular flexibility index (Phi) is 5.33. The minimum atomic E-state index is 0.403. The molecule has 0 saturated heterocycles. The molecular formula is C14H23NO. The number of rotatable bonds is 6. The van der Waals surface area contributed by atoms with Gasteiger partial charge in [0.25, 0.3) is 0 Å². The van der Waals surface area contributed by atoms with Gasteiger partial charge >= 0.3 is 0 Å². The normalized spacial score (nSPS) is 12.5. The SMILES string of the molecule is CCCNC(C)COc1ccc(C)cc1C. The van der Waals surface area contributed by atoms with E-state index in [1.54, 1.807) is 0 Å². The summed E-state index contributed by atoms with van der Waals surface area (Å²) in [6.07, 6.45) is 1.16. The minimum absolute atomic E-state index is 0.403. The highest BCUT2D eigenvalue weighted by Crippen LogP contribution is 2.18. The number of ether oxygens (including phenoxy) is 1. The molecule has 2 heteroatoms. The topological polar surface area (TPSA) is 21.3 Å². The van der Waals surface area contributed by atoms with E-state index in [9.17, 15) is 0 Å². The molecule has 16 heavy (non-hydrogen) atoms. The lowest BCUT2D eigenvalue weighted by atomic mass is 10.1. The molecule has 1 atom stereocenters. The van der Waals surface area contributed by atoms with E-state index in [0.717, 1.165) is 25.3 Å². The van der Waals surface area contributed by atoms with E-state index < -0.39 is 0 Å². The highest BCUT2D eigenvalue weighted by molar-refractivity contribution is 5.35. The molecule has 0 heterocycles. The lowest BCUT2D eigenvalue weighted by Crippen LogP contribution is -2.32. The summed E-state index contributed by atoms with van der Waals surface area (Å²) in [7, 11) is 0. The second-order valence-electron chi connectivity index (χ2n) is 4.44. The molecule has 1 aromatic rings. The van der Waals surface area contributed by atoms with Gasteiger partial charge in [-0.05, 0) is 45.4 Å². The summed E-state index contributed by atoms with van der Waals surface area (Å²) in [6.45, 7) is 10.3. The first-order chi connectivity index (χ1) is 7.63. The van der Waals surface area contributed by atoms with E-state index in [1.807, 2.05) is 0 Å². The van der Waals surface area contributed by atoms with Crippen molar-refractivity contribution in [3.8, 4) is 5.75 Å². The summed E-state index contributed by atoms with van der Waals surface area (Å²) in [5.41, 5.74) is 2.49. The number of aryl methyl sites for hydroxylation is 2.